The molecule has 0 radical (unpaired) electrons. The Bertz CT molecular complexity index is 196. The maximum absolute atomic E-state index is 2.36. The summed E-state index contributed by atoms with van der Waals surface area (Å²) in [7, 11) is 0. The van der Waals surface area contributed by atoms with Crippen LogP contribution < -0.4 is 0 Å². The van der Waals surface area contributed by atoms with Crippen LogP contribution >= 0.6 is 0 Å². The van der Waals surface area contributed by atoms with Crippen LogP contribution in [0, 0.1) is 5.92 Å². The first-order valence-corrected chi connectivity index (χ1v) is 9.61. The first kappa shape index (κ1) is 18.0. The van der Waals surface area contributed by atoms with Crippen LogP contribution in [-0.4, -0.2) is 30.7 Å². The van der Waals surface area contributed by atoms with Crippen molar-refractivity contribution in [2.24, 2.45) is 5.92 Å². The Morgan fingerprint density at radius 3 is 1.55 bits per heavy atom. The number of hydrogen-bond acceptors (Lipinski definition) is 0. The summed E-state index contributed by atoms with van der Waals surface area (Å²) in [6, 6.07) is 0. The molecule has 1 nitrogen and oxygen atoms in total. The molecule has 0 aromatic heterocycles. The number of unbranched alkanes of at least 4 members (excludes halogenated alkanes) is 3. The lowest BCUT2D eigenvalue weighted by Crippen LogP contribution is -2.53. The first-order chi connectivity index (χ1) is 9.76. The van der Waals surface area contributed by atoms with Gasteiger partial charge in [-0.05, 0) is 32.1 Å². The maximum Gasteiger partial charge on any atom is 0.0815 e. The van der Waals surface area contributed by atoms with Crippen molar-refractivity contribution in [3.8, 4) is 0 Å². The molecule has 0 atom stereocenters. The van der Waals surface area contributed by atoms with E-state index < -0.39 is 0 Å². The van der Waals surface area contributed by atoms with Gasteiger partial charge in [0.2, 0.25) is 0 Å². The normalized spacial score (nSPS) is 17.6. The number of quaternary nitrogens is 1. The lowest BCUT2D eigenvalue weighted by atomic mass is 9.88. The predicted octanol–water partition coefficient (Wildman–Crippen LogP) is 5.78. The molecule has 0 aromatic rings. The van der Waals surface area contributed by atoms with Crippen LogP contribution in [0.4, 0.5) is 0 Å². The molecule has 1 heteroatoms. The minimum Gasteiger partial charge on any atom is -0.323 e. The lowest BCUT2D eigenvalue weighted by molar-refractivity contribution is -0.932. The average Bonchev–Trinajstić information content (AvgIpc) is 2.49. The highest BCUT2D eigenvalue weighted by atomic mass is 15.3. The Labute approximate surface area is 128 Å². The second-order valence-corrected chi connectivity index (χ2v) is 7.26. The highest BCUT2D eigenvalue weighted by Gasteiger charge is 2.30. The van der Waals surface area contributed by atoms with Crippen molar-refractivity contribution < 1.29 is 4.48 Å². The highest BCUT2D eigenvalue weighted by Crippen LogP contribution is 2.28. The molecule has 0 aromatic carbocycles. The number of hydrogen-bond donors (Lipinski definition) is 0. The van der Waals surface area contributed by atoms with Gasteiger partial charge >= 0.3 is 0 Å². The summed E-state index contributed by atoms with van der Waals surface area (Å²) in [5.41, 5.74) is 0. The van der Waals surface area contributed by atoms with Crippen molar-refractivity contribution >= 4 is 0 Å². The molecule has 120 valence electrons. The molecule has 0 saturated heterocycles. The maximum atomic E-state index is 2.36. The molecule has 1 rings (SSSR count). The number of rotatable bonds is 11. The smallest absolute Gasteiger partial charge is 0.0815 e. The summed E-state index contributed by atoms with van der Waals surface area (Å²) in [5.74, 6) is 1.04. The van der Waals surface area contributed by atoms with Gasteiger partial charge in [-0.3, -0.25) is 0 Å². The van der Waals surface area contributed by atoms with Gasteiger partial charge in [-0.2, -0.15) is 0 Å². The Balaban J connectivity index is 2.64. The molecule has 0 heterocycles. The van der Waals surface area contributed by atoms with Gasteiger partial charge in [0.05, 0.1) is 26.2 Å². The lowest BCUT2D eigenvalue weighted by Gasteiger charge is -2.42. The summed E-state index contributed by atoms with van der Waals surface area (Å²) in [5, 5.41) is 0. The SMILES string of the molecule is CCCC[N+](CCCC)(CCCC)CC1CCCCC1. The molecule has 0 amide bonds. The molecule has 0 N–H and O–H groups in total. The minimum atomic E-state index is 1.04. The third-order valence-electron chi connectivity index (χ3n) is 5.33. The standard InChI is InChI=1S/C19H40N/c1-4-7-15-20(16-8-5-2,17-9-6-3)18-19-13-11-10-12-14-19/h19H,4-18H2,1-3H3/q+1. The fourth-order valence-electron chi connectivity index (χ4n) is 4.01. The molecule has 1 fully saturated rings. The Hall–Kier alpha value is -0.0400. The zero-order valence-corrected chi connectivity index (χ0v) is 14.6. The number of nitrogens with zero attached hydrogens (tertiary/aromatic N) is 1. The monoisotopic (exact) mass is 282 g/mol. The van der Waals surface area contributed by atoms with Crippen LogP contribution in [0.1, 0.15) is 91.4 Å². The molecule has 0 aliphatic heterocycles. The predicted molar refractivity (Wildman–Crippen MR) is 91.0 cm³/mol. The van der Waals surface area contributed by atoms with Crippen molar-refractivity contribution in [1.82, 2.24) is 0 Å². The van der Waals surface area contributed by atoms with E-state index in [4.69, 9.17) is 0 Å². The molecular formula is C19H40N+. The van der Waals surface area contributed by atoms with E-state index in [1.807, 2.05) is 0 Å². The van der Waals surface area contributed by atoms with Crippen LogP contribution in [0.15, 0.2) is 0 Å². The molecule has 1 saturated carbocycles. The van der Waals surface area contributed by atoms with Crippen molar-refractivity contribution in [2.75, 3.05) is 26.2 Å². The van der Waals surface area contributed by atoms with Crippen molar-refractivity contribution in [3.05, 3.63) is 0 Å². The fraction of sp³-hybridized carbons (Fsp3) is 1.00. The van der Waals surface area contributed by atoms with E-state index in [9.17, 15) is 0 Å². The molecule has 1 aliphatic carbocycles. The third kappa shape index (κ3) is 6.61. The van der Waals surface area contributed by atoms with Crippen LogP contribution in [0.5, 0.6) is 0 Å². The summed E-state index contributed by atoms with van der Waals surface area (Å²) >= 11 is 0. The zero-order valence-electron chi connectivity index (χ0n) is 14.6. The van der Waals surface area contributed by atoms with Gasteiger partial charge in [0.1, 0.15) is 0 Å². The zero-order chi connectivity index (χ0) is 14.7. The van der Waals surface area contributed by atoms with E-state index in [0.717, 1.165) is 5.92 Å². The largest absolute Gasteiger partial charge is 0.323 e. The van der Waals surface area contributed by atoms with Gasteiger partial charge in [0.15, 0.2) is 0 Å². The van der Waals surface area contributed by atoms with Crippen LogP contribution in [0.25, 0.3) is 0 Å². The molecule has 20 heavy (non-hydrogen) atoms. The van der Waals surface area contributed by atoms with Crippen molar-refractivity contribution in [1.29, 1.82) is 0 Å². The van der Waals surface area contributed by atoms with Gasteiger partial charge in [0, 0.05) is 5.92 Å². The van der Waals surface area contributed by atoms with Crippen molar-refractivity contribution in [3.63, 3.8) is 0 Å². The van der Waals surface area contributed by atoms with Gasteiger partial charge in [-0.15, -0.1) is 0 Å². The molecule has 1 aliphatic rings. The fourth-order valence-corrected chi connectivity index (χ4v) is 4.01. The molecule has 0 spiro atoms. The Kier molecular flexibility index (Phi) is 9.59. The second-order valence-electron chi connectivity index (χ2n) is 7.26. The summed E-state index contributed by atoms with van der Waals surface area (Å²) < 4.78 is 1.46. The van der Waals surface area contributed by atoms with Gasteiger partial charge in [0.25, 0.3) is 0 Å². The molecule has 0 bridgehead atoms. The Morgan fingerprint density at radius 1 is 0.700 bits per heavy atom. The molecular weight excluding hydrogens is 242 g/mol. The second kappa shape index (κ2) is 10.7. The van der Waals surface area contributed by atoms with Gasteiger partial charge in [-0.25, -0.2) is 0 Å². The van der Waals surface area contributed by atoms with E-state index in [-0.39, 0.29) is 0 Å². The van der Waals surface area contributed by atoms with E-state index in [1.165, 1.54) is 101 Å². The average molecular weight is 283 g/mol. The molecule has 0 unspecified atom stereocenters. The van der Waals surface area contributed by atoms with E-state index in [0.29, 0.717) is 0 Å². The van der Waals surface area contributed by atoms with E-state index in [1.54, 1.807) is 0 Å². The third-order valence-corrected chi connectivity index (χ3v) is 5.33. The quantitative estimate of drug-likeness (QED) is 0.421. The van der Waals surface area contributed by atoms with Crippen LogP contribution in [-0.2, 0) is 0 Å². The summed E-state index contributed by atoms with van der Waals surface area (Å²) in [6.07, 6.45) is 15.9. The highest BCUT2D eigenvalue weighted by molar-refractivity contribution is 4.66. The topological polar surface area (TPSA) is 0 Å². The van der Waals surface area contributed by atoms with Crippen molar-refractivity contribution in [2.45, 2.75) is 91.4 Å². The van der Waals surface area contributed by atoms with Gasteiger partial charge in [-0.1, -0.05) is 59.3 Å². The summed E-state index contributed by atoms with van der Waals surface area (Å²) in [6.45, 7) is 12.9. The van der Waals surface area contributed by atoms with Crippen LogP contribution in [0.3, 0.4) is 0 Å². The first-order valence-electron chi connectivity index (χ1n) is 9.61. The summed E-state index contributed by atoms with van der Waals surface area (Å²) in [4.78, 5) is 0. The minimum absolute atomic E-state index is 1.04. The van der Waals surface area contributed by atoms with Gasteiger partial charge < -0.3 is 4.48 Å². The van der Waals surface area contributed by atoms with E-state index >= 15 is 0 Å². The van der Waals surface area contributed by atoms with E-state index in [2.05, 4.69) is 20.8 Å². The van der Waals surface area contributed by atoms with Crippen LogP contribution in [0.2, 0.25) is 0 Å². The Morgan fingerprint density at radius 2 is 1.15 bits per heavy atom.